The SMILES string of the molecule is Cc1cccc2c1N(CC(=O)N[C@H](C)c1ccccc1)C(=O)[C@H]1CCCN1C2=O. The Bertz CT molecular complexity index is 957. The van der Waals surface area contributed by atoms with Crippen molar-refractivity contribution >= 4 is 23.4 Å². The van der Waals surface area contributed by atoms with Crippen LogP contribution < -0.4 is 10.2 Å². The second-order valence-electron chi connectivity index (χ2n) is 7.75. The lowest BCUT2D eigenvalue weighted by molar-refractivity contribution is -0.126. The molecule has 1 N–H and O–H groups in total. The van der Waals surface area contributed by atoms with E-state index in [9.17, 15) is 14.4 Å². The minimum Gasteiger partial charge on any atom is -0.348 e. The highest BCUT2D eigenvalue weighted by atomic mass is 16.2. The zero-order valence-corrected chi connectivity index (χ0v) is 16.7. The van der Waals surface area contributed by atoms with E-state index in [0.717, 1.165) is 17.5 Å². The Morgan fingerprint density at radius 2 is 1.90 bits per heavy atom. The molecule has 29 heavy (non-hydrogen) atoms. The van der Waals surface area contributed by atoms with Gasteiger partial charge in [-0.1, -0.05) is 42.5 Å². The monoisotopic (exact) mass is 391 g/mol. The number of para-hydroxylation sites is 1. The van der Waals surface area contributed by atoms with Crippen molar-refractivity contribution in [1.29, 1.82) is 0 Å². The number of nitrogens with zero attached hydrogens (tertiary/aromatic N) is 2. The van der Waals surface area contributed by atoms with Gasteiger partial charge in [0.15, 0.2) is 0 Å². The Morgan fingerprint density at radius 1 is 1.14 bits per heavy atom. The van der Waals surface area contributed by atoms with E-state index in [1.165, 1.54) is 4.90 Å². The smallest absolute Gasteiger partial charge is 0.256 e. The van der Waals surface area contributed by atoms with E-state index in [-0.39, 0.29) is 30.3 Å². The summed E-state index contributed by atoms with van der Waals surface area (Å²) < 4.78 is 0. The minimum absolute atomic E-state index is 0.106. The first-order valence-corrected chi connectivity index (χ1v) is 10.0. The number of nitrogens with one attached hydrogen (secondary N) is 1. The molecular weight excluding hydrogens is 366 g/mol. The second-order valence-corrected chi connectivity index (χ2v) is 7.75. The fourth-order valence-corrected chi connectivity index (χ4v) is 4.31. The van der Waals surface area contributed by atoms with Crippen molar-refractivity contribution in [1.82, 2.24) is 10.2 Å². The van der Waals surface area contributed by atoms with Gasteiger partial charge in [0.05, 0.1) is 17.3 Å². The van der Waals surface area contributed by atoms with Crippen molar-refractivity contribution in [3.63, 3.8) is 0 Å². The second kappa shape index (κ2) is 7.70. The van der Waals surface area contributed by atoms with Gasteiger partial charge in [-0.3, -0.25) is 14.4 Å². The van der Waals surface area contributed by atoms with Gasteiger partial charge in [0, 0.05) is 6.54 Å². The number of anilines is 1. The molecule has 4 rings (SSSR count). The molecule has 2 aromatic carbocycles. The van der Waals surface area contributed by atoms with Gasteiger partial charge in [0.2, 0.25) is 11.8 Å². The summed E-state index contributed by atoms with van der Waals surface area (Å²) >= 11 is 0. The number of hydrogen-bond donors (Lipinski definition) is 1. The maximum Gasteiger partial charge on any atom is 0.256 e. The van der Waals surface area contributed by atoms with Gasteiger partial charge in [-0.25, -0.2) is 0 Å². The highest BCUT2D eigenvalue weighted by Crippen LogP contribution is 2.34. The molecule has 0 aromatic heterocycles. The molecule has 0 spiro atoms. The van der Waals surface area contributed by atoms with Crippen molar-refractivity contribution in [2.24, 2.45) is 0 Å². The molecule has 2 aliphatic heterocycles. The van der Waals surface area contributed by atoms with Crippen molar-refractivity contribution in [2.45, 2.75) is 38.8 Å². The van der Waals surface area contributed by atoms with Gasteiger partial charge < -0.3 is 15.1 Å². The quantitative estimate of drug-likeness (QED) is 0.871. The van der Waals surface area contributed by atoms with Gasteiger partial charge in [0.1, 0.15) is 12.6 Å². The van der Waals surface area contributed by atoms with E-state index in [4.69, 9.17) is 0 Å². The molecule has 2 aromatic rings. The van der Waals surface area contributed by atoms with Crippen LogP contribution in [0.2, 0.25) is 0 Å². The maximum atomic E-state index is 13.3. The molecule has 3 amide bonds. The number of rotatable bonds is 4. The zero-order valence-electron chi connectivity index (χ0n) is 16.7. The molecule has 0 aliphatic carbocycles. The number of aryl methyl sites for hydroxylation is 1. The molecular formula is C23H25N3O3. The predicted molar refractivity (Wildman–Crippen MR) is 111 cm³/mol. The van der Waals surface area contributed by atoms with E-state index in [1.54, 1.807) is 11.0 Å². The molecule has 6 nitrogen and oxygen atoms in total. The Kier molecular flexibility index (Phi) is 5.09. The van der Waals surface area contributed by atoms with Gasteiger partial charge in [-0.15, -0.1) is 0 Å². The summed E-state index contributed by atoms with van der Waals surface area (Å²) in [6, 6.07) is 14.5. The number of amides is 3. The van der Waals surface area contributed by atoms with Gasteiger partial charge in [-0.05, 0) is 43.9 Å². The number of hydrogen-bond acceptors (Lipinski definition) is 3. The lowest BCUT2D eigenvalue weighted by Crippen LogP contribution is -2.48. The van der Waals surface area contributed by atoms with Crippen molar-refractivity contribution in [2.75, 3.05) is 18.0 Å². The number of carbonyl (C=O) groups excluding carboxylic acids is 3. The van der Waals surface area contributed by atoms with Crippen LogP contribution in [0.1, 0.15) is 47.3 Å². The number of benzene rings is 2. The fourth-order valence-electron chi connectivity index (χ4n) is 4.31. The average molecular weight is 391 g/mol. The number of fused-ring (bicyclic) bond motifs is 2. The summed E-state index contributed by atoms with van der Waals surface area (Å²) in [6.45, 7) is 4.26. The first kappa shape index (κ1) is 19.2. The zero-order chi connectivity index (χ0) is 20.5. The molecule has 2 atom stereocenters. The largest absolute Gasteiger partial charge is 0.348 e. The van der Waals surface area contributed by atoms with Crippen LogP contribution in [0, 0.1) is 6.92 Å². The highest BCUT2D eigenvalue weighted by Gasteiger charge is 2.42. The van der Waals surface area contributed by atoms with Crippen LogP contribution in [0.15, 0.2) is 48.5 Å². The predicted octanol–water partition coefficient (Wildman–Crippen LogP) is 2.82. The van der Waals surface area contributed by atoms with E-state index >= 15 is 0 Å². The van der Waals surface area contributed by atoms with E-state index < -0.39 is 6.04 Å². The molecule has 2 aliphatic rings. The van der Waals surface area contributed by atoms with Crippen LogP contribution in [0.5, 0.6) is 0 Å². The fraction of sp³-hybridized carbons (Fsp3) is 0.348. The minimum atomic E-state index is -0.492. The van der Waals surface area contributed by atoms with Crippen LogP contribution in [0.4, 0.5) is 5.69 Å². The lowest BCUT2D eigenvalue weighted by Gasteiger charge is -2.27. The van der Waals surface area contributed by atoms with Gasteiger partial charge in [-0.2, -0.15) is 0 Å². The topological polar surface area (TPSA) is 69.7 Å². The summed E-state index contributed by atoms with van der Waals surface area (Å²) in [6.07, 6.45) is 1.44. The molecule has 0 radical (unpaired) electrons. The first-order chi connectivity index (χ1) is 14.0. The summed E-state index contributed by atoms with van der Waals surface area (Å²) in [5, 5.41) is 2.97. The molecule has 0 bridgehead atoms. The molecule has 150 valence electrons. The van der Waals surface area contributed by atoms with E-state index in [1.807, 2.05) is 56.3 Å². The van der Waals surface area contributed by atoms with Gasteiger partial charge >= 0.3 is 0 Å². The van der Waals surface area contributed by atoms with Crippen LogP contribution in [0.25, 0.3) is 0 Å². The molecule has 0 saturated carbocycles. The van der Waals surface area contributed by atoms with Crippen LogP contribution in [-0.2, 0) is 9.59 Å². The highest BCUT2D eigenvalue weighted by molar-refractivity contribution is 6.13. The van der Waals surface area contributed by atoms with Crippen molar-refractivity contribution in [3.05, 3.63) is 65.2 Å². The average Bonchev–Trinajstić information content (AvgIpc) is 3.19. The Balaban J connectivity index is 1.63. The van der Waals surface area contributed by atoms with E-state index in [0.29, 0.717) is 24.2 Å². The molecule has 6 heteroatoms. The molecule has 2 heterocycles. The first-order valence-electron chi connectivity index (χ1n) is 10.0. The molecule has 0 unspecified atom stereocenters. The third-order valence-electron chi connectivity index (χ3n) is 5.78. The van der Waals surface area contributed by atoms with E-state index in [2.05, 4.69) is 5.32 Å². The third kappa shape index (κ3) is 3.50. The summed E-state index contributed by atoms with van der Waals surface area (Å²) in [4.78, 5) is 42.4. The number of carbonyl (C=O) groups is 3. The Morgan fingerprint density at radius 3 is 2.66 bits per heavy atom. The Hall–Kier alpha value is -3.15. The summed E-state index contributed by atoms with van der Waals surface area (Å²) in [5.74, 6) is -0.547. The van der Waals surface area contributed by atoms with Crippen LogP contribution in [-0.4, -0.2) is 41.8 Å². The molecule has 1 fully saturated rings. The lowest BCUT2D eigenvalue weighted by atomic mass is 10.1. The summed E-state index contributed by atoms with van der Waals surface area (Å²) in [7, 11) is 0. The van der Waals surface area contributed by atoms with Crippen molar-refractivity contribution in [3.8, 4) is 0 Å². The normalized spacial score (nSPS) is 19.4. The van der Waals surface area contributed by atoms with Crippen LogP contribution >= 0.6 is 0 Å². The Labute approximate surface area is 170 Å². The maximum absolute atomic E-state index is 13.3. The standard InChI is InChI=1S/C23H25N3O3/c1-15-8-6-11-18-21(15)26(23(29)19-12-7-13-25(19)22(18)28)14-20(27)24-16(2)17-9-4-3-5-10-17/h3-6,8-11,16,19H,7,12-14H2,1-2H3,(H,24,27)/t16-,19-/m1/s1. The summed E-state index contributed by atoms with van der Waals surface area (Å²) in [5.41, 5.74) is 2.86. The van der Waals surface area contributed by atoms with Crippen LogP contribution in [0.3, 0.4) is 0 Å². The third-order valence-corrected chi connectivity index (χ3v) is 5.78. The van der Waals surface area contributed by atoms with Crippen molar-refractivity contribution < 1.29 is 14.4 Å². The van der Waals surface area contributed by atoms with Gasteiger partial charge in [0.25, 0.3) is 5.91 Å². The molecule has 1 saturated heterocycles.